The zero-order chi connectivity index (χ0) is 25.5. The molecule has 0 aromatic heterocycles. The number of amides is 1. The van der Waals surface area contributed by atoms with Crippen molar-refractivity contribution in [2.45, 2.75) is 77.3 Å². The van der Waals surface area contributed by atoms with Crippen LogP contribution in [-0.2, 0) is 52.5 Å². The summed E-state index contributed by atoms with van der Waals surface area (Å²) in [6.45, 7) is 4.51. The predicted octanol–water partition coefficient (Wildman–Crippen LogP) is -1.59. The Morgan fingerprint density at radius 1 is 0.970 bits per heavy atom. The number of rotatable bonds is 9. The highest BCUT2D eigenvalue weighted by Gasteiger charge is 2.57. The first-order chi connectivity index (χ1) is 15.2. The van der Waals surface area contributed by atoms with Crippen molar-refractivity contribution in [2.24, 2.45) is 0 Å². The molecule has 1 unspecified atom stereocenters. The van der Waals surface area contributed by atoms with E-state index < -0.39 is 85.0 Å². The fourth-order valence-electron chi connectivity index (χ4n) is 3.26. The van der Waals surface area contributed by atoms with E-state index in [9.17, 15) is 39.0 Å². The molecule has 1 aliphatic rings. The topological polar surface area (TPSA) is 201 Å². The van der Waals surface area contributed by atoms with Crippen molar-refractivity contribution < 1.29 is 62.7 Å². The molecule has 0 saturated carbocycles. The number of aliphatic hydroxyl groups is 1. The van der Waals surface area contributed by atoms with E-state index in [-0.39, 0.29) is 0 Å². The van der Waals surface area contributed by atoms with E-state index in [0.29, 0.717) is 0 Å². The zero-order valence-corrected chi connectivity index (χ0v) is 18.7. The van der Waals surface area contributed by atoms with Gasteiger partial charge in [0.15, 0.2) is 12.2 Å². The summed E-state index contributed by atoms with van der Waals surface area (Å²) in [6, 6.07) is -1.37. The largest absolute Gasteiger partial charge is 0.477 e. The minimum atomic E-state index is -2.94. The highest BCUT2D eigenvalue weighted by atomic mass is 16.7. The van der Waals surface area contributed by atoms with Crippen molar-refractivity contribution in [1.82, 2.24) is 5.32 Å². The second-order valence-electron chi connectivity index (χ2n) is 7.27. The van der Waals surface area contributed by atoms with Crippen LogP contribution in [0.2, 0.25) is 0 Å². The molecular weight excluding hydrogens is 450 g/mol. The second-order valence-corrected chi connectivity index (χ2v) is 7.27. The fourth-order valence-corrected chi connectivity index (χ4v) is 3.26. The molecule has 3 N–H and O–H groups in total. The average Bonchev–Trinajstić information content (AvgIpc) is 2.64. The summed E-state index contributed by atoms with van der Waals surface area (Å²) in [5, 5.41) is 22.5. The van der Waals surface area contributed by atoms with Crippen molar-refractivity contribution in [3.63, 3.8) is 0 Å². The highest BCUT2D eigenvalue weighted by molar-refractivity contribution is 5.76. The van der Waals surface area contributed by atoms with Crippen LogP contribution in [0.25, 0.3) is 0 Å². The summed E-state index contributed by atoms with van der Waals surface area (Å²) < 4.78 is 25.6. The molecule has 1 aliphatic heterocycles. The molecule has 33 heavy (non-hydrogen) atoms. The van der Waals surface area contributed by atoms with E-state index in [0.717, 1.165) is 34.6 Å². The Hall–Kier alpha value is -3.26. The Labute approximate surface area is 188 Å². The maximum absolute atomic E-state index is 11.8. The highest BCUT2D eigenvalue weighted by Crippen LogP contribution is 2.34. The van der Waals surface area contributed by atoms with Gasteiger partial charge in [0, 0.05) is 34.6 Å². The van der Waals surface area contributed by atoms with Crippen LogP contribution in [0.5, 0.6) is 0 Å². The minimum Gasteiger partial charge on any atom is -0.477 e. The van der Waals surface area contributed by atoms with Crippen LogP contribution in [0.3, 0.4) is 0 Å². The number of carboxylic acids is 1. The standard InChI is InChI=1S/C19H27NO13/c1-8(21)20-15-13(30-10(3)23)6-19(28,18(26)27)33-17(15)16(32-12(5)25)14(31-11(4)24)7-29-9(2)22/h13-17,28H,6-7H2,1-5H3,(H,20,21)(H,26,27)/t13-,14+,15+,16+,17+,19?/m0/s1. The summed E-state index contributed by atoms with van der Waals surface area (Å²) >= 11 is 0. The van der Waals surface area contributed by atoms with E-state index in [1.54, 1.807) is 0 Å². The van der Waals surface area contributed by atoms with Crippen LogP contribution in [0.4, 0.5) is 0 Å². The molecule has 1 amide bonds. The third-order valence-electron chi connectivity index (χ3n) is 4.35. The lowest BCUT2D eigenvalue weighted by Gasteiger charge is -2.46. The molecule has 0 aromatic rings. The van der Waals surface area contributed by atoms with Gasteiger partial charge in [-0.3, -0.25) is 24.0 Å². The molecule has 0 bridgehead atoms. The van der Waals surface area contributed by atoms with Gasteiger partial charge >= 0.3 is 29.8 Å². The lowest BCUT2D eigenvalue weighted by molar-refractivity contribution is -0.298. The van der Waals surface area contributed by atoms with Gasteiger partial charge in [0.1, 0.15) is 18.8 Å². The van der Waals surface area contributed by atoms with E-state index >= 15 is 0 Å². The van der Waals surface area contributed by atoms with E-state index in [1.807, 2.05) is 0 Å². The summed E-state index contributed by atoms with van der Waals surface area (Å²) in [5.74, 6) is -8.96. The van der Waals surface area contributed by atoms with Gasteiger partial charge in [-0.25, -0.2) is 4.79 Å². The Morgan fingerprint density at radius 2 is 1.55 bits per heavy atom. The number of carboxylic acid groups (broad SMARTS) is 1. The number of esters is 4. The Morgan fingerprint density at radius 3 is 1.97 bits per heavy atom. The number of carbonyl (C=O) groups excluding carboxylic acids is 5. The Bertz CT molecular complexity index is 797. The monoisotopic (exact) mass is 477 g/mol. The third kappa shape index (κ3) is 8.31. The quantitative estimate of drug-likeness (QED) is 0.254. The normalized spacial score (nSPS) is 26.2. The summed E-state index contributed by atoms with van der Waals surface area (Å²) in [7, 11) is 0. The van der Waals surface area contributed by atoms with Gasteiger partial charge in [0.2, 0.25) is 5.91 Å². The van der Waals surface area contributed by atoms with Crippen LogP contribution >= 0.6 is 0 Å². The van der Waals surface area contributed by atoms with Crippen LogP contribution in [0, 0.1) is 0 Å². The molecule has 1 saturated heterocycles. The fraction of sp³-hybridized carbons (Fsp3) is 0.684. The van der Waals surface area contributed by atoms with Gasteiger partial charge in [-0.15, -0.1) is 0 Å². The van der Waals surface area contributed by atoms with Crippen molar-refractivity contribution in [3.8, 4) is 0 Å². The third-order valence-corrected chi connectivity index (χ3v) is 4.35. The van der Waals surface area contributed by atoms with E-state index in [1.165, 1.54) is 0 Å². The lowest BCUT2D eigenvalue weighted by Crippen LogP contribution is -2.68. The Kier molecular flexibility index (Phi) is 9.73. The number of ether oxygens (including phenoxy) is 5. The van der Waals surface area contributed by atoms with Crippen molar-refractivity contribution in [1.29, 1.82) is 0 Å². The minimum absolute atomic E-state index is 0.650. The van der Waals surface area contributed by atoms with Crippen LogP contribution in [-0.4, -0.2) is 88.8 Å². The van der Waals surface area contributed by atoms with E-state index in [4.69, 9.17) is 23.7 Å². The van der Waals surface area contributed by atoms with Gasteiger partial charge in [-0.2, -0.15) is 0 Å². The smallest absolute Gasteiger partial charge is 0.364 e. The van der Waals surface area contributed by atoms with Crippen LogP contribution < -0.4 is 5.32 Å². The summed E-state index contributed by atoms with van der Waals surface area (Å²) in [6.07, 6.45) is -7.26. The van der Waals surface area contributed by atoms with Crippen LogP contribution in [0.1, 0.15) is 41.0 Å². The molecule has 14 heteroatoms. The van der Waals surface area contributed by atoms with Crippen molar-refractivity contribution in [3.05, 3.63) is 0 Å². The lowest BCUT2D eigenvalue weighted by atomic mass is 9.88. The van der Waals surface area contributed by atoms with Gasteiger partial charge < -0.3 is 39.2 Å². The maximum Gasteiger partial charge on any atom is 0.364 e. The molecule has 1 heterocycles. The number of hydrogen-bond acceptors (Lipinski definition) is 12. The first-order valence-electron chi connectivity index (χ1n) is 9.72. The second kappa shape index (κ2) is 11.6. The van der Waals surface area contributed by atoms with Gasteiger partial charge in [0.25, 0.3) is 5.79 Å². The number of hydrogen-bond donors (Lipinski definition) is 3. The number of aliphatic carboxylic acids is 1. The molecule has 1 rings (SSSR count). The Balaban J connectivity index is 3.60. The molecular formula is C19H27NO13. The average molecular weight is 477 g/mol. The molecule has 1 fully saturated rings. The van der Waals surface area contributed by atoms with Crippen LogP contribution in [0.15, 0.2) is 0 Å². The van der Waals surface area contributed by atoms with E-state index in [2.05, 4.69) is 5.32 Å². The first kappa shape index (κ1) is 27.8. The molecule has 0 aliphatic carbocycles. The molecule has 0 spiro atoms. The van der Waals surface area contributed by atoms with Crippen molar-refractivity contribution >= 4 is 35.8 Å². The number of carbonyl (C=O) groups is 6. The van der Waals surface area contributed by atoms with Gasteiger partial charge in [-0.1, -0.05) is 0 Å². The molecule has 14 nitrogen and oxygen atoms in total. The molecule has 186 valence electrons. The van der Waals surface area contributed by atoms with Gasteiger partial charge in [-0.05, 0) is 0 Å². The zero-order valence-electron chi connectivity index (χ0n) is 18.7. The SMILES string of the molecule is CC(=O)N[C@H]1[C@H]([C@H](OC(C)=O)[C@@H](COC(C)=O)OC(C)=O)OC(O)(C(=O)O)C[C@@H]1OC(C)=O. The number of nitrogens with one attached hydrogen (secondary N) is 1. The molecule has 0 aromatic carbocycles. The predicted molar refractivity (Wildman–Crippen MR) is 103 cm³/mol. The summed E-state index contributed by atoms with van der Waals surface area (Å²) in [4.78, 5) is 70.0. The maximum atomic E-state index is 11.8. The molecule has 6 atom stereocenters. The summed E-state index contributed by atoms with van der Waals surface area (Å²) in [5.41, 5.74) is 0. The van der Waals surface area contributed by atoms with Crippen molar-refractivity contribution in [2.75, 3.05) is 6.61 Å². The van der Waals surface area contributed by atoms with Gasteiger partial charge in [0.05, 0.1) is 12.5 Å². The molecule has 0 radical (unpaired) electrons. The first-order valence-corrected chi connectivity index (χ1v) is 9.72.